The van der Waals surface area contributed by atoms with Gasteiger partial charge in [0.15, 0.2) is 0 Å². The van der Waals surface area contributed by atoms with Crippen LogP contribution in [-0.4, -0.2) is 20.2 Å². The molecule has 0 atom stereocenters. The Labute approximate surface area is 161 Å². The van der Waals surface area contributed by atoms with Gasteiger partial charge in [0.05, 0.1) is 37.7 Å². The molecule has 130 valence electrons. The lowest BCUT2D eigenvalue weighted by molar-refractivity contribution is -0.137. The zero-order valence-corrected chi connectivity index (χ0v) is 15.5. The average Bonchev–Trinajstić information content (AvgIpc) is 2.76. The molecule has 3 rings (SSSR count). The van der Waals surface area contributed by atoms with Gasteiger partial charge in [0, 0.05) is 0 Å². The lowest BCUT2D eigenvalue weighted by Gasteiger charge is -2.06. The third-order valence-corrected chi connectivity index (χ3v) is 5.14. The SMILES string of the molecule is O=C(O)Cn1c(=O)n(Cc2ccc(Cl)c(Cl)c2)c2cc(Cl)c(Cl)cc21. The van der Waals surface area contributed by atoms with Crippen molar-refractivity contribution in [2.45, 2.75) is 13.1 Å². The maximum Gasteiger partial charge on any atom is 0.329 e. The van der Waals surface area contributed by atoms with Crippen molar-refractivity contribution in [3.63, 3.8) is 0 Å². The highest BCUT2D eigenvalue weighted by molar-refractivity contribution is 6.43. The van der Waals surface area contributed by atoms with Crippen molar-refractivity contribution in [2.75, 3.05) is 0 Å². The van der Waals surface area contributed by atoms with Crippen molar-refractivity contribution in [1.29, 1.82) is 0 Å². The molecule has 1 aromatic heterocycles. The number of halogens is 4. The molecular formula is C16H10Cl4N2O3. The number of nitrogens with zero attached hydrogens (tertiary/aromatic N) is 2. The van der Waals surface area contributed by atoms with Crippen LogP contribution in [0.15, 0.2) is 35.1 Å². The maximum absolute atomic E-state index is 12.7. The summed E-state index contributed by atoms with van der Waals surface area (Å²) in [5.41, 5.74) is 1.12. The Morgan fingerprint density at radius 3 is 2.00 bits per heavy atom. The topological polar surface area (TPSA) is 64.2 Å². The number of hydrogen-bond donors (Lipinski definition) is 1. The van der Waals surface area contributed by atoms with Crippen LogP contribution >= 0.6 is 46.4 Å². The normalized spacial score (nSPS) is 11.2. The van der Waals surface area contributed by atoms with Crippen LogP contribution in [0, 0.1) is 0 Å². The van der Waals surface area contributed by atoms with Gasteiger partial charge in [0.2, 0.25) is 0 Å². The third-order valence-electron chi connectivity index (χ3n) is 3.68. The van der Waals surface area contributed by atoms with E-state index in [1.54, 1.807) is 18.2 Å². The molecule has 0 bridgehead atoms. The molecule has 0 saturated carbocycles. The Morgan fingerprint density at radius 2 is 1.44 bits per heavy atom. The van der Waals surface area contributed by atoms with Gasteiger partial charge in [-0.05, 0) is 29.8 Å². The summed E-state index contributed by atoms with van der Waals surface area (Å²) in [6, 6.07) is 8.03. The van der Waals surface area contributed by atoms with Crippen LogP contribution in [0.3, 0.4) is 0 Å². The van der Waals surface area contributed by atoms with Crippen LogP contribution in [0.1, 0.15) is 5.56 Å². The van der Waals surface area contributed by atoms with Crippen molar-refractivity contribution >= 4 is 63.4 Å². The van der Waals surface area contributed by atoms with Gasteiger partial charge in [0.1, 0.15) is 6.54 Å². The van der Waals surface area contributed by atoms with Crippen molar-refractivity contribution < 1.29 is 9.90 Å². The number of rotatable bonds is 4. The molecule has 2 aromatic carbocycles. The van der Waals surface area contributed by atoms with Gasteiger partial charge < -0.3 is 5.11 Å². The van der Waals surface area contributed by atoms with E-state index in [2.05, 4.69) is 0 Å². The molecule has 0 fully saturated rings. The quantitative estimate of drug-likeness (QED) is 0.674. The van der Waals surface area contributed by atoms with E-state index in [9.17, 15) is 9.59 Å². The highest BCUT2D eigenvalue weighted by Crippen LogP contribution is 2.28. The van der Waals surface area contributed by atoms with E-state index in [-0.39, 0.29) is 16.6 Å². The molecule has 5 nitrogen and oxygen atoms in total. The number of fused-ring (bicyclic) bond motifs is 1. The Bertz CT molecular complexity index is 1060. The summed E-state index contributed by atoms with van der Waals surface area (Å²) in [6.07, 6.45) is 0. The predicted molar refractivity (Wildman–Crippen MR) is 99.4 cm³/mol. The molecule has 0 amide bonds. The molecule has 0 aliphatic carbocycles. The molecule has 0 radical (unpaired) electrons. The Balaban J connectivity index is 2.21. The van der Waals surface area contributed by atoms with Gasteiger partial charge in [0.25, 0.3) is 0 Å². The summed E-state index contributed by atoms with van der Waals surface area (Å²) >= 11 is 24.0. The molecule has 0 aliphatic heterocycles. The van der Waals surface area contributed by atoms with Crippen LogP contribution in [0.2, 0.25) is 20.1 Å². The number of carboxylic acids is 1. The average molecular weight is 420 g/mol. The largest absolute Gasteiger partial charge is 0.480 e. The fourth-order valence-corrected chi connectivity index (χ4v) is 3.21. The van der Waals surface area contributed by atoms with Gasteiger partial charge in [-0.1, -0.05) is 52.5 Å². The summed E-state index contributed by atoms with van der Waals surface area (Å²) < 4.78 is 2.55. The lowest BCUT2D eigenvalue weighted by Crippen LogP contribution is -2.27. The van der Waals surface area contributed by atoms with Gasteiger partial charge in [-0.2, -0.15) is 0 Å². The van der Waals surface area contributed by atoms with Gasteiger partial charge in [-0.25, -0.2) is 4.79 Å². The molecule has 1 heterocycles. The van der Waals surface area contributed by atoms with Crippen LogP contribution in [0.4, 0.5) is 0 Å². The van der Waals surface area contributed by atoms with E-state index in [0.29, 0.717) is 21.1 Å². The van der Waals surface area contributed by atoms with Crippen LogP contribution < -0.4 is 5.69 Å². The second-order valence-corrected chi connectivity index (χ2v) is 6.98. The first kappa shape index (κ1) is 18.1. The molecule has 25 heavy (non-hydrogen) atoms. The number of carboxylic acid groups (broad SMARTS) is 1. The summed E-state index contributed by atoms with van der Waals surface area (Å²) in [5.74, 6) is -1.14. The number of aliphatic carboxylic acids is 1. The molecule has 9 heteroatoms. The van der Waals surface area contributed by atoms with E-state index in [4.69, 9.17) is 51.5 Å². The molecule has 0 spiro atoms. The van der Waals surface area contributed by atoms with E-state index in [1.165, 1.54) is 16.7 Å². The fraction of sp³-hybridized carbons (Fsp3) is 0.125. The van der Waals surface area contributed by atoms with E-state index >= 15 is 0 Å². The molecule has 0 aliphatic rings. The minimum Gasteiger partial charge on any atom is -0.480 e. The molecular weight excluding hydrogens is 410 g/mol. The highest BCUT2D eigenvalue weighted by Gasteiger charge is 2.17. The smallest absolute Gasteiger partial charge is 0.329 e. The van der Waals surface area contributed by atoms with Crippen molar-refractivity contribution in [1.82, 2.24) is 9.13 Å². The van der Waals surface area contributed by atoms with Gasteiger partial charge in [-0.3, -0.25) is 13.9 Å². The Morgan fingerprint density at radius 1 is 0.880 bits per heavy atom. The fourth-order valence-electron chi connectivity index (χ4n) is 2.57. The Hall–Kier alpha value is -1.66. The van der Waals surface area contributed by atoms with E-state index < -0.39 is 18.2 Å². The summed E-state index contributed by atoms with van der Waals surface area (Å²) in [7, 11) is 0. The van der Waals surface area contributed by atoms with Crippen LogP contribution in [0.25, 0.3) is 11.0 Å². The van der Waals surface area contributed by atoms with Crippen LogP contribution in [-0.2, 0) is 17.9 Å². The van der Waals surface area contributed by atoms with E-state index in [0.717, 1.165) is 10.1 Å². The number of hydrogen-bond acceptors (Lipinski definition) is 2. The zero-order chi connectivity index (χ0) is 18.3. The van der Waals surface area contributed by atoms with Crippen molar-refractivity contribution in [2.24, 2.45) is 0 Å². The lowest BCUT2D eigenvalue weighted by atomic mass is 10.2. The first-order valence-corrected chi connectivity index (χ1v) is 8.53. The van der Waals surface area contributed by atoms with Gasteiger partial charge in [-0.15, -0.1) is 0 Å². The second-order valence-electron chi connectivity index (χ2n) is 5.35. The number of benzene rings is 2. The minimum absolute atomic E-state index is 0.177. The third kappa shape index (κ3) is 3.51. The minimum atomic E-state index is -1.14. The second kappa shape index (κ2) is 6.92. The molecule has 3 aromatic rings. The van der Waals surface area contributed by atoms with E-state index in [1.807, 2.05) is 0 Å². The zero-order valence-electron chi connectivity index (χ0n) is 12.5. The summed E-state index contributed by atoms with van der Waals surface area (Å²) in [5, 5.41) is 10.4. The number of aromatic nitrogens is 2. The molecule has 0 unspecified atom stereocenters. The van der Waals surface area contributed by atoms with Crippen molar-refractivity contribution in [3.05, 3.63) is 66.5 Å². The monoisotopic (exact) mass is 418 g/mol. The standard InChI is InChI=1S/C16H10Cl4N2O3/c17-9-2-1-8(3-10(9)18)6-21-13-4-11(19)12(20)5-14(13)22(16(21)25)7-15(23)24/h1-5H,6-7H2,(H,23,24). The first-order chi connectivity index (χ1) is 11.8. The summed E-state index contributed by atoms with van der Waals surface area (Å²) in [4.78, 5) is 23.8. The summed E-state index contributed by atoms with van der Waals surface area (Å²) in [6.45, 7) is -0.307. The van der Waals surface area contributed by atoms with Crippen molar-refractivity contribution in [3.8, 4) is 0 Å². The Kier molecular flexibility index (Phi) is 5.02. The van der Waals surface area contributed by atoms with Gasteiger partial charge >= 0.3 is 11.7 Å². The number of imidazole rings is 1. The predicted octanol–water partition coefficient (Wildman–Crippen LogP) is 4.55. The number of carbonyl (C=O) groups is 1. The molecule has 1 N–H and O–H groups in total. The first-order valence-electron chi connectivity index (χ1n) is 7.01. The highest BCUT2D eigenvalue weighted by atomic mass is 35.5. The molecule has 0 saturated heterocycles. The maximum atomic E-state index is 12.7. The van der Waals surface area contributed by atoms with Crippen LogP contribution in [0.5, 0.6) is 0 Å².